The first-order valence-corrected chi connectivity index (χ1v) is 16.4. The molecule has 40 heavy (non-hydrogen) atoms. The Bertz CT molecular complexity index is 1740. The van der Waals surface area contributed by atoms with Gasteiger partial charge in [0.05, 0.1) is 26.3 Å². The first-order chi connectivity index (χ1) is 19.3. The number of halogens is 1. The Labute approximate surface area is 246 Å². The molecule has 214 valence electrons. The van der Waals surface area contributed by atoms with E-state index in [2.05, 4.69) is 42.7 Å². The summed E-state index contributed by atoms with van der Waals surface area (Å²) in [5.74, 6) is 0.584. The Hall–Kier alpha value is -2.49. The van der Waals surface area contributed by atoms with E-state index in [1.807, 2.05) is 20.8 Å². The lowest BCUT2D eigenvalue weighted by Crippen LogP contribution is -2.56. The second-order valence-corrected chi connectivity index (χ2v) is 13.7. The molecular weight excluding hydrogens is 645 g/mol. The second-order valence-electron chi connectivity index (χ2n) is 10.7. The summed E-state index contributed by atoms with van der Waals surface area (Å²) in [4.78, 5) is 19.4. The van der Waals surface area contributed by atoms with Crippen LogP contribution in [0.3, 0.4) is 0 Å². The molecular formula is C27H34IN7O4S. The number of ether oxygens (including phenoxy) is 1. The van der Waals surface area contributed by atoms with Gasteiger partial charge in [-0.1, -0.05) is 13.8 Å². The highest BCUT2D eigenvalue weighted by Gasteiger charge is 2.40. The lowest BCUT2D eigenvalue weighted by molar-refractivity contribution is 0.117. The third-order valence-corrected chi connectivity index (χ3v) is 11.0. The van der Waals surface area contributed by atoms with E-state index >= 15 is 0 Å². The Morgan fingerprint density at radius 1 is 1.20 bits per heavy atom. The lowest BCUT2D eigenvalue weighted by Gasteiger charge is -2.41. The quantitative estimate of drug-likeness (QED) is 0.283. The summed E-state index contributed by atoms with van der Waals surface area (Å²) in [5, 5.41) is 8.18. The van der Waals surface area contributed by atoms with Crippen molar-refractivity contribution in [2.45, 2.75) is 70.0 Å². The Morgan fingerprint density at radius 2 is 2.02 bits per heavy atom. The molecule has 6 rings (SSSR count). The van der Waals surface area contributed by atoms with Crippen molar-refractivity contribution in [2.24, 2.45) is 0 Å². The summed E-state index contributed by atoms with van der Waals surface area (Å²) >= 11 is 2.23. The van der Waals surface area contributed by atoms with Gasteiger partial charge >= 0.3 is 5.69 Å². The predicted molar refractivity (Wildman–Crippen MR) is 161 cm³/mol. The summed E-state index contributed by atoms with van der Waals surface area (Å²) in [6.45, 7) is 9.34. The average molecular weight is 680 g/mol. The van der Waals surface area contributed by atoms with E-state index in [0.717, 1.165) is 47.9 Å². The Kier molecular flexibility index (Phi) is 7.42. The second kappa shape index (κ2) is 10.7. The van der Waals surface area contributed by atoms with Crippen LogP contribution >= 0.6 is 22.6 Å². The molecule has 0 saturated carbocycles. The number of aromatic amines is 1. The summed E-state index contributed by atoms with van der Waals surface area (Å²) in [7, 11) is -3.76. The SMILES string of the molecule is CCCOc1ccc(S(=O)(=O)N2C[C@@H]3CCCN3C[C@H]2C)cc1-c1[nH]c2c(c1I)n(CCC)c(=O)n1cnnc21. The molecule has 2 saturated heterocycles. The third kappa shape index (κ3) is 4.45. The molecule has 11 nitrogen and oxygen atoms in total. The predicted octanol–water partition coefficient (Wildman–Crippen LogP) is 3.70. The highest BCUT2D eigenvalue weighted by Crippen LogP contribution is 2.39. The smallest absolute Gasteiger partial charge is 0.335 e. The largest absolute Gasteiger partial charge is 0.493 e. The number of H-pyrrole nitrogens is 1. The van der Waals surface area contributed by atoms with Gasteiger partial charge in [0.25, 0.3) is 0 Å². The van der Waals surface area contributed by atoms with Crippen LogP contribution in [0.4, 0.5) is 0 Å². The van der Waals surface area contributed by atoms with Gasteiger partial charge in [0, 0.05) is 37.3 Å². The van der Waals surface area contributed by atoms with E-state index in [0.29, 0.717) is 47.9 Å². The molecule has 2 aliphatic rings. The molecule has 13 heteroatoms. The molecule has 1 N–H and O–H groups in total. The van der Waals surface area contributed by atoms with Gasteiger partial charge in [0.15, 0.2) is 5.65 Å². The molecule has 2 fully saturated rings. The average Bonchev–Trinajstić information content (AvgIpc) is 3.68. The van der Waals surface area contributed by atoms with Crippen LogP contribution in [0, 0.1) is 3.57 Å². The first kappa shape index (κ1) is 27.7. The highest BCUT2D eigenvalue weighted by atomic mass is 127. The van der Waals surface area contributed by atoms with Gasteiger partial charge in [-0.05, 0) is 79.9 Å². The number of benzene rings is 1. The van der Waals surface area contributed by atoms with Crippen LogP contribution in [0.25, 0.3) is 27.9 Å². The van der Waals surface area contributed by atoms with Gasteiger partial charge in [0.1, 0.15) is 17.6 Å². The minimum absolute atomic E-state index is 0.114. The number of nitrogens with zero attached hydrogens (tertiary/aromatic N) is 6. The zero-order valence-electron chi connectivity index (χ0n) is 22.9. The van der Waals surface area contributed by atoms with Crippen LogP contribution in [0.5, 0.6) is 5.75 Å². The Balaban J connectivity index is 1.52. The van der Waals surface area contributed by atoms with Gasteiger partial charge < -0.3 is 9.72 Å². The molecule has 1 aromatic carbocycles. The number of rotatable bonds is 8. The number of aryl methyl sites for hydroxylation is 1. The van der Waals surface area contributed by atoms with Crippen LogP contribution in [0.1, 0.15) is 46.5 Å². The van der Waals surface area contributed by atoms with Crippen molar-refractivity contribution in [3.05, 3.63) is 38.6 Å². The maximum atomic E-state index is 14.1. The molecule has 0 unspecified atom stereocenters. The summed E-state index contributed by atoms with van der Waals surface area (Å²) in [6, 6.07) is 5.27. The van der Waals surface area contributed by atoms with Gasteiger partial charge in [-0.15, -0.1) is 10.2 Å². The standard InChI is InChI=1S/C27H34IN7O4S/c1-4-10-33-25-22(28)23(30-24(25)26-31-29-16-34(26)27(33)36)20-13-19(8-9-21(20)39-12-5-2)40(37,38)35-15-18-7-6-11-32(18)14-17(35)3/h8-9,13,16-18,30H,4-7,10-12,14-15H2,1-3H3/t17-,18+/m1/s1. The molecule has 2 atom stereocenters. The fraction of sp³-hybridized carbons (Fsp3) is 0.519. The van der Waals surface area contributed by atoms with Crippen LogP contribution in [0.2, 0.25) is 0 Å². The maximum absolute atomic E-state index is 14.1. The van der Waals surface area contributed by atoms with E-state index < -0.39 is 10.0 Å². The first-order valence-electron chi connectivity index (χ1n) is 13.9. The molecule has 4 aromatic rings. The van der Waals surface area contributed by atoms with Crippen LogP contribution in [-0.4, -0.2) is 80.1 Å². The van der Waals surface area contributed by atoms with E-state index in [-0.39, 0.29) is 22.7 Å². The van der Waals surface area contributed by atoms with Crippen LogP contribution < -0.4 is 10.4 Å². The fourth-order valence-electron chi connectivity index (χ4n) is 6.10. The van der Waals surface area contributed by atoms with E-state index in [1.54, 1.807) is 27.1 Å². The molecule has 0 bridgehead atoms. The van der Waals surface area contributed by atoms with Gasteiger partial charge in [-0.3, -0.25) is 9.47 Å². The van der Waals surface area contributed by atoms with Crippen molar-refractivity contribution in [1.29, 1.82) is 0 Å². The zero-order valence-corrected chi connectivity index (χ0v) is 25.9. The number of hydrogen-bond acceptors (Lipinski definition) is 7. The van der Waals surface area contributed by atoms with Gasteiger partial charge in [-0.25, -0.2) is 17.6 Å². The fourth-order valence-corrected chi connectivity index (χ4v) is 8.78. The number of piperazine rings is 1. The van der Waals surface area contributed by atoms with Crippen molar-refractivity contribution in [1.82, 2.24) is 33.4 Å². The highest BCUT2D eigenvalue weighted by molar-refractivity contribution is 14.1. The van der Waals surface area contributed by atoms with E-state index in [1.165, 1.54) is 10.7 Å². The molecule has 0 spiro atoms. The molecule has 5 heterocycles. The number of fused-ring (bicyclic) bond motifs is 4. The van der Waals surface area contributed by atoms with Gasteiger partial charge in [-0.2, -0.15) is 4.31 Å². The third-order valence-electron chi connectivity index (χ3n) is 8.01. The van der Waals surface area contributed by atoms with E-state index in [9.17, 15) is 13.2 Å². The minimum atomic E-state index is -3.76. The summed E-state index contributed by atoms with van der Waals surface area (Å²) in [6.07, 6.45) is 5.13. The number of hydrogen-bond donors (Lipinski definition) is 1. The number of aromatic nitrogens is 5. The number of nitrogens with one attached hydrogen (secondary N) is 1. The summed E-state index contributed by atoms with van der Waals surface area (Å²) in [5.41, 5.74) is 2.94. The van der Waals surface area contributed by atoms with E-state index in [4.69, 9.17) is 4.74 Å². The summed E-state index contributed by atoms with van der Waals surface area (Å²) < 4.78 is 39.9. The zero-order chi connectivity index (χ0) is 28.2. The molecule has 0 radical (unpaired) electrons. The van der Waals surface area contributed by atoms with Crippen molar-refractivity contribution in [3.8, 4) is 17.0 Å². The minimum Gasteiger partial charge on any atom is -0.493 e. The molecule has 2 aliphatic heterocycles. The Morgan fingerprint density at radius 3 is 2.80 bits per heavy atom. The molecule has 0 amide bonds. The van der Waals surface area contributed by atoms with Crippen LogP contribution in [0.15, 0.2) is 34.2 Å². The van der Waals surface area contributed by atoms with Crippen LogP contribution in [-0.2, 0) is 16.6 Å². The van der Waals surface area contributed by atoms with Crippen molar-refractivity contribution < 1.29 is 13.2 Å². The maximum Gasteiger partial charge on any atom is 0.335 e. The monoisotopic (exact) mass is 679 g/mol. The van der Waals surface area contributed by atoms with Gasteiger partial charge in [0.2, 0.25) is 10.0 Å². The lowest BCUT2D eigenvalue weighted by atomic mass is 10.1. The van der Waals surface area contributed by atoms with Crippen molar-refractivity contribution in [3.63, 3.8) is 0 Å². The molecule has 3 aromatic heterocycles. The topological polar surface area (TPSA) is 118 Å². The normalized spacial score (nSPS) is 20.5. The van der Waals surface area contributed by atoms with Crippen molar-refractivity contribution in [2.75, 3.05) is 26.2 Å². The molecule has 0 aliphatic carbocycles. The number of sulfonamides is 1. The van der Waals surface area contributed by atoms with Crippen molar-refractivity contribution >= 4 is 49.3 Å².